The molecule has 0 amide bonds. The first kappa shape index (κ1) is 10.3. The molecular formula is C9H19S. The van der Waals surface area contributed by atoms with Crippen molar-refractivity contribution in [2.24, 2.45) is 5.92 Å². The smallest absolute Gasteiger partial charge is 0.00370 e. The van der Waals surface area contributed by atoms with Crippen LogP contribution < -0.4 is 0 Å². The zero-order chi connectivity index (χ0) is 7.82. The van der Waals surface area contributed by atoms with Gasteiger partial charge in [-0.15, -0.1) is 0 Å². The molecule has 1 heteroatoms. The molecule has 0 nitrogen and oxygen atoms in total. The fourth-order valence-electron chi connectivity index (χ4n) is 1.33. The summed E-state index contributed by atoms with van der Waals surface area (Å²) in [6, 6.07) is 0. The zero-order valence-corrected chi connectivity index (χ0v) is 8.04. The molecule has 0 saturated carbocycles. The van der Waals surface area contributed by atoms with Gasteiger partial charge in [-0.2, -0.15) is 0 Å². The summed E-state index contributed by atoms with van der Waals surface area (Å²) in [6.07, 6.45) is 6.66. The normalized spacial score (nSPS) is 13.5. The van der Waals surface area contributed by atoms with Crippen molar-refractivity contribution in [2.75, 3.05) is 5.75 Å². The lowest BCUT2D eigenvalue weighted by atomic mass is 9.96. The Labute approximate surface area is 70.8 Å². The molecule has 0 spiro atoms. The van der Waals surface area contributed by atoms with Gasteiger partial charge in [0.15, 0.2) is 0 Å². The van der Waals surface area contributed by atoms with Crippen LogP contribution in [0.15, 0.2) is 0 Å². The average molecular weight is 159 g/mol. The summed E-state index contributed by atoms with van der Waals surface area (Å²) in [6.45, 7) is 4.54. The van der Waals surface area contributed by atoms with Crippen LogP contribution in [0.5, 0.6) is 0 Å². The lowest BCUT2D eigenvalue weighted by Crippen LogP contribution is -1.98. The summed E-state index contributed by atoms with van der Waals surface area (Å²) in [5.74, 6) is 1.90. The van der Waals surface area contributed by atoms with Gasteiger partial charge >= 0.3 is 0 Å². The molecule has 1 radical (unpaired) electrons. The minimum atomic E-state index is 0.945. The second-order valence-electron chi connectivity index (χ2n) is 2.91. The molecule has 0 rings (SSSR count). The Hall–Kier alpha value is 0.350. The largest absolute Gasteiger partial charge is 0.0942 e. The molecule has 1 atom stereocenters. The van der Waals surface area contributed by atoms with Gasteiger partial charge in [-0.05, 0) is 18.8 Å². The molecule has 0 fully saturated rings. The van der Waals surface area contributed by atoms with Crippen molar-refractivity contribution in [2.45, 2.75) is 46.0 Å². The third-order valence-corrected chi connectivity index (χ3v) is 2.32. The number of rotatable bonds is 6. The summed E-state index contributed by atoms with van der Waals surface area (Å²) in [5.41, 5.74) is 0. The van der Waals surface area contributed by atoms with Gasteiger partial charge in [0.05, 0.1) is 0 Å². The molecule has 0 aliphatic rings. The van der Waals surface area contributed by atoms with E-state index in [1.54, 1.807) is 0 Å². The van der Waals surface area contributed by atoms with Crippen LogP contribution >= 0.6 is 12.6 Å². The van der Waals surface area contributed by atoms with Gasteiger partial charge in [0.25, 0.3) is 0 Å². The second-order valence-corrected chi connectivity index (χ2v) is 3.32. The molecule has 61 valence electrons. The molecule has 0 bridgehead atoms. The average Bonchev–Trinajstić information content (AvgIpc) is 1.98. The third-order valence-electron chi connectivity index (χ3n) is 2.03. The standard InChI is InChI=1S/C9H19S/c1-3-6-9(4-2)7-5-8-10/h9H,3-8H2,1-2H3. The van der Waals surface area contributed by atoms with E-state index >= 15 is 0 Å². The van der Waals surface area contributed by atoms with Crippen LogP contribution in [-0.2, 0) is 0 Å². The van der Waals surface area contributed by atoms with Crippen LogP contribution in [0.2, 0.25) is 0 Å². The van der Waals surface area contributed by atoms with E-state index in [4.69, 9.17) is 12.6 Å². The number of hydrogen-bond donors (Lipinski definition) is 0. The molecule has 10 heavy (non-hydrogen) atoms. The van der Waals surface area contributed by atoms with Crippen LogP contribution in [0.4, 0.5) is 0 Å². The summed E-state index contributed by atoms with van der Waals surface area (Å²) in [7, 11) is 0. The monoisotopic (exact) mass is 159 g/mol. The topological polar surface area (TPSA) is 0 Å². The summed E-state index contributed by atoms with van der Waals surface area (Å²) >= 11 is 4.90. The maximum absolute atomic E-state index is 4.90. The third kappa shape index (κ3) is 5.16. The van der Waals surface area contributed by atoms with E-state index in [0.717, 1.165) is 11.7 Å². The molecule has 0 aromatic carbocycles. The molecule has 0 aromatic heterocycles. The Bertz CT molecular complexity index is 61.7. The van der Waals surface area contributed by atoms with Gasteiger partial charge in [0.1, 0.15) is 0 Å². The fourth-order valence-corrected chi connectivity index (χ4v) is 1.50. The minimum Gasteiger partial charge on any atom is -0.0942 e. The minimum absolute atomic E-state index is 0.945. The van der Waals surface area contributed by atoms with Gasteiger partial charge in [0.2, 0.25) is 0 Å². The van der Waals surface area contributed by atoms with Crippen LogP contribution in [0.25, 0.3) is 0 Å². The van der Waals surface area contributed by atoms with Crippen LogP contribution in [0, 0.1) is 5.92 Å². The summed E-state index contributed by atoms with van der Waals surface area (Å²) in [4.78, 5) is 0. The summed E-state index contributed by atoms with van der Waals surface area (Å²) < 4.78 is 0. The first-order valence-electron chi connectivity index (χ1n) is 4.43. The van der Waals surface area contributed by atoms with Gasteiger partial charge in [-0.25, -0.2) is 0 Å². The quantitative estimate of drug-likeness (QED) is 0.553. The lowest BCUT2D eigenvalue weighted by molar-refractivity contribution is 0.429. The first-order chi connectivity index (χ1) is 4.85. The van der Waals surface area contributed by atoms with Crippen molar-refractivity contribution in [3.05, 3.63) is 0 Å². The molecule has 0 aromatic rings. The highest BCUT2D eigenvalue weighted by atomic mass is 32.1. The summed E-state index contributed by atoms with van der Waals surface area (Å²) in [5, 5.41) is 0. The van der Waals surface area contributed by atoms with Crippen molar-refractivity contribution >= 4 is 12.6 Å². The molecule has 0 heterocycles. The molecule has 0 aliphatic carbocycles. The Morgan fingerprint density at radius 1 is 1.20 bits per heavy atom. The van der Waals surface area contributed by atoms with Crippen LogP contribution in [-0.4, -0.2) is 5.75 Å². The van der Waals surface area contributed by atoms with Gasteiger partial charge in [-0.3, -0.25) is 0 Å². The van der Waals surface area contributed by atoms with E-state index in [-0.39, 0.29) is 0 Å². The Balaban J connectivity index is 3.21. The Kier molecular flexibility index (Phi) is 7.72. The molecule has 1 unspecified atom stereocenters. The van der Waals surface area contributed by atoms with Crippen molar-refractivity contribution < 1.29 is 0 Å². The predicted molar refractivity (Wildman–Crippen MR) is 50.4 cm³/mol. The second kappa shape index (κ2) is 7.46. The van der Waals surface area contributed by atoms with Crippen molar-refractivity contribution in [3.8, 4) is 0 Å². The maximum atomic E-state index is 4.90. The zero-order valence-electron chi connectivity index (χ0n) is 7.23. The van der Waals surface area contributed by atoms with E-state index in [1.807, 2.05) is 0 Å². The maximum Gasteiger partial charge on any atom is 0.00370 e. The van der Waals surface area contributed by atoms with Crippen molar-refractivity contribution in [1.82, 2.24) is 0 Å². The van der Waals surface area contributed by atoms with Crippen molar-refractivity contribution in [3.63, 3.8) is 0 Å². The van der Waals surface area contributed by atoms with E-state index in [9.17, 15) is 0 Å². The SMILES string of the molecule is CCCC(CC)CCC[S]. The predicted octanol–water partition coefficient (Wildman–Crippen LogP) is 3.79. The fraction of sp³-hybridized carbons (Fsp3) is 1.00. The van der Waals surface area contributed by atoms with Gasteiger partial charge < -0.3 is 0 Å². The lowest BCUT2D eigenvalue weighted by Gasteiger charge is -2.11. The molecule has 0 N–H and O–H groups in total. The highest BCUT2D eigenvalue weighted by Crippen LogP contribution is 2.16. The van der Waals surface area contributed by atoms with E-state index in [2.05, 4.69) is 13.8 Å². The van der Waals surface area contributed by atoms with Crippen molar-refractivity contribution in [1.29, 1.82) is 0 Å². The van der Waals surface area contributed by atoms with E-state index < -0.39 is 0 Å². The Morgan fingerprint density at radius 3 is 2.30 bits per heavy atom. The molecule has 0 saturated heterocycles. The van der Waals surface area contributed by atoms with Crippen LogP contribution in [0.1, 0.15) is 46.0 Å². The van der Waals surface area contributed by atoms with Gasteiger partial charge in [0, 0.05) is 5.75 Å². The Morgan fingerprint density at radius 2 is 1.90 bits per heavy atom. The first-order valence-corrected chi connectivity index (χ1v) is 5.00. The van der Waals surface area contributed by atoms with Gasteiger partial charge in [-0.1, -0.05) is 45.7 Å². The van der Waals surface area contributed by atoms with E-state index in [0.29, 0.717) is 0 Å². The highest BCUT2D eigenvalue weighted by Gasteiger charge is 2.02. The highest BCUT2D eigenvalue weighted by molar-refractivity contribution is 7.80. The van der Waals surface area contributed by atoms with E-state index in [1.165, 1.54) is 32.1 Å². The van der Waals surface area contributed by atoms with Crippen LogP contribution in [0.3, 0.4) is 0 Å². The molecule has 0 aliphatic heterocycles. The molecular weight excluding hydrogens is 140 g/mol. The number of hydrogen-bond acceptors (Lipinski definition) is 0.